The normalized spacial score (nSPS) is 12.7. The van der Waals surface area contributed by atoms with Gasteiger partial charge in [-0.15, -0.1) is 0 Å². The zero-order valence-corrected chi connectivity index (χ0v) is 9.54. The first-order valence-electron chi connectivity index (χ1n) is 4.92. The van der Waals surface area contributed by atoms with Crippen LogP contribution in [0.15, 0.2) is 22.8 Å². The maximum absolute atomic E-state index is 5.29. The van der Waals surface area contributed by atoms with Gasteiger partial charge in [-0.1, -0.05) is 6.92 Å². The van der Waals surface area contributed by atoms with E-state index in [0.717, 1.165) is 23.1 Å². The summed E-state index contributed by atoms with van der Waals surface area (Å²) in [5.41, 5.74) is 0. The highest BCUT2D eigenvalue weighted by Gasteiger charge is 2.10. The van der Waals surface area contributed by atoms with Gasteiger partial charge in [0, 0.05) is 18.0 Å². The van der Waals surface area contributed by atoms with E-state index >= 15 is 0 Å². The van der Waals surface area contributed by atoms with Crippen LogP contribution in [0.2, 0.25) is 0 Å². The fraction of sp³-hybridized carbons (Fsp3) is 0.400. The van der Waals surface area contributed by atoms with Gasteiger partial charge >= 0.3 is 0 Å². The summed E-state index contributed by atoms with van der Waals surface area (Å²) in [5, 5.41) is 4.09. The molecule has 2 heterocycles. The van der Waals surface area contributed by atoms with Crippen molar-refractivity contribution >= 4 is 16.7 Å². The van der Waals surface area contributed by atoms with Gasteiger partial charge in [0.25, 0.3) is 0 Å². The molecule has 0 aromatic carbocycles. The van der Waals surface area contributed by atoms with Crippen molar-refractivity contribution in [3.63, 3.8) is 0 Å². The van der Waals surface area contributed by atoms with Crippen LogP contribution in [0.3, 0.4) is 0 Å². The molecule has 0 aliphatic carbocycles. The quantitative estimate of drug-likeness (QED) is 0.866. The number of aromatic nitrogens is 2. The smallest absolute Gasteiger partial charge is 0.203 e. The maximum atomic E-state index is 5.29. The molecular weight excluding hydrogens is 210 g/mol. The monoisotopic (exact) mass is 223 g/mol. The van der Waals surface area contributed by atoms with Gasteiger partial charge in [0.05, 0.1) is 12.3 Å². The van der Waals surface area contributed by atoms with Crippen molar-refractivity contribution in [2.75, 3.05) is 5.32 Å². The minimum absolute atomic E-state index is 0.123. The van der Waals surface area contributed by atoms with E-state index in [0.29, 0.717) is 0 Å². The van der Waals surface area contributed by atoms with Gasteiger partial charge in [-0.3, -0.25) is 0 Å². The molecule has 4 nitrogen and oxygen atoms in total. The summed E-state index contributed by atoms with van der Waals surface area (Å²) in [5.74, 6) is 1.79. The van der Waals surface area contributed by atoms with Crippen molar-refractivity contribution in [2.45, 2.75) is 26.3 Å². The molecular formula is C10H13N3OS. The molecule has 2 aromatic rings. The number of rotatable bonds is 4. The van der Waals surface area contributed by atoms with Crippen LogP contribution in [0.25, 0.3) is 0 Å². The summed E-state index contributed by atoms with van der Waals surface area (Å²) in [6, 6.07) is 3.95. The van der Waals surface area contributed by atoms with E-state index in [1.165, 1.54) is 11.5 Å². The van der Waals surface area contributed by atoms with Gasteiger partial charge in [0.1, 0.15) is 11.6 Å². The average Bonchev–Trinajstić information content (AvgIpc) is 2.87. The lowest BCUT2D eigenvalue weighted by molar-refractivity contribution is 0.490. The molecule has 0 spiro atoms. The van der Waals surface area contributed by atoms with Gasteiger partial charge < -0.3 is 9.73 Å². The largest absolute Gasteiger partial charge is 0.467 e. The van der Waals surface area contributed by atoms with Crippen molar-refractivity contribution in [3.8, 4) is 0 Å². The van der Waals surface area contributed by atoms with E-state index in [1.54, 1.807) is 6.26 Å². The molecule has 5 heteroatoms. The van der Waals surface area contributed by atoms with Crippen LogP contribution in [0.4, 0.5) is 5.13 Å². The lowest BCUT2D eigenvalue weighted by Gasteiger charge is -2.08. The van der Waals surface area contributed by atoms with E-state index < -0.39 is 0 Å². The molecule has 0 amide bonds. The molecule has 0 radical (unpaired) electrons. The van der Waals surface area contributed by atoms with Crippen LogP contribution >= 0.6 is 11.5 Å². The number of hydrogen-bond donors (Lipinski definition) is 1. The second-order valence-electron chi connectivity index (χ2n) is 3.25. The third kappa shape index (κ3) is 2.36. The SMILES string of the molecule is CCc1nsc(NC(C)c2ccco2)n1. The predicted molar refractivity (Wildman–Crippen MR) is 60.0 cm³/mol. The first-order chi connectivity index (χ1) is 7.29. The highest BCUT2D eigenvalue weighted by atomic mass is 32.1. The van der Waals surface area contributed by atoms with E-state index in [-0.39, 0.29) is 6.04 Å². The Hall–Kier alpha value is -1.36. The van der Waals surface area contributed by atoms with E-state index in [9.17, 15) is 0 Å². The second-order valence-corrected chi connectivity index (χ2v) is 4.00. The molecule has 2 aromatic heterocycles. The van der Waals surface area contributed by atoms with Crippen LogP contribution < -0.4 is 5.32 Å². The molecule has 0 aliphatic rings. The predicted octanol–water partition coefficient (Wildman–Crippen LogP) is 2.87. The fourth-order valence-corrected chi connectivity index (χ4v) is 1.99. The Bertz CT molecular complexity index is 410. The first-order valence-corrected chi connectivity index (χ1v) is 5.69. The maximum Gasteiger partial charge on any atom is 0.203 e. The first kappa shape index (κ1) is 10.2. The zero-order chi connectivity index (χ0) is 10.7. The second kappa shape index (κ2) is 4.44. The van der Waals surface area contributed by atoms with Crippen molar-refractivity contribution in [1.82, 2.24) is 9.36 Å². The summed E-state index contributed by atoms with van der Waals surface area (Å²) >= 11 is 1.39. The number of furan rings is 1. The van der Waals surface area contributed by atoms with Crippen LogP contribution in [-0.2, 0) is 6.42 Å². The Kier molecular flexibility index (Phi) is 3.01. The Morgan fingerprint density at radius 3 is 3.07 bits per heavy atom. The number of nitrogens with zero attached hydrogens (tertiary/aromatic N) is 2. The van der Waals surface area contributed by atoms with Gasteiger partial charge in [0.2, 0.25) is 5.13 Å². The lowest BCUT2D eigenvalue weighted by Crippen LogP contribution is -2.05. The molecule has 80 valence electrons. The van der Waals surface area contributed by atoms with Crippen LogP contribution in [0.1, 0.15) is 31.5 Å². The molecule has 0 saturated carbocycles. The van der Waals surface area contributed by atoms with Crippen molar-refractivity contribution in [3.05, 3.63) is 30.0 Å². The van der Waals surface area contributed by atoms with Crippen molar-refractivity contribution in [2.24, 2.45) is 0 Å². The van der Waals surface area contributed by atoms with Crippen molar-refractivity contribution < 1.29 is 4.42 Å². The number of nitrogens with one attached hydrogen (secondary N) is 1. The molecule has 15 heavy (non-hydrogen) atoms. The molecule has 0 aliphatic heterocycles. The molecule has 1 unspecified atom stereocenters. The summed E-state index contributed by atoms with van der Waals surface area (Å²) in [6.07, 6.45) is 2.54. The molecule has 1 N–H and O–H groups in total. The Balaban J connectivity index is 2.02. The molecule has 0 fully saturated rings. The van der Waals surface area contributed by atoms with Gasteiger partial charge in [0.15, 0.2) is 0 Å². The fourth-order valence-electron chi connectivity index (χ4n) is 1.25. The third-order valence-corrected chi connectivity index (χ3v) is 2.78. The summed E-state index contributed by atoms with van der Waals surface area (Å²) in [7, 11) is 0. The van der Waals surface area contributed by atoms with Crippen molar-refractivity contribution in [1.29, 1.82) is 0 Å². The van der Waals surface area contributed by atoms with Gasteiger partial charge in [-0.25, -0.2) is 4.98 Å². The van der Waals surface area contributed by atoms with Gasteiger partial charge in [-0.2, -0.15) is 4.37 Å². The van der Waals surface area contributed by atoms with E-state index in [2.05, 4.69) is 14.7 Å². The minimum atomic E-state index is 0.123. The number of aryl methyl sites for hydroxylation is 1. The van der Waals surface area contributed by atoms with E-state index in [1.807, 2.05) is 26.0 Å². The van der Waals surface area contributed by atoms with Crippen LogP contribution in [0.5, 0.6) is 0 Å². The topological polar surface area (TPSA) is 51.0 Å². The van der Waals surface area contributed by atoms with E-state index in [4.69, 9.17) is 4.42 Å². The number of anilines is 1. The lowest BCUT2D eigenvalue weighted by atomic mass is 10.3. The highest BCUT2D eigenvalue weighted by Crippen LogP contribution is 2.20. The number of hydrogen-bond acceptors (Lipinski definition) is 5. The van der Waals surface area contributed by atoms with Crippen LogP contribution in [-0.4, -0.2) is 9.36 Å². The summed E-state index contributed by atoms with van der Waals surface area (Å²) in [4.78, 5) is 4.33. The Labute approximate surface area is 92.5 Å². The molecule has 1 atom stereocenters. The molecule has 2 rings (SSSR count). The molecule has 0 saturated heterocycles. The third-order valence-electron chi connectivity index (χ3n) is 2.09. The van der Waals surface area contributed by atoms with Crippen LogP contribution in [0, 0.1) is 0 Å². The highest BCUT2D eigenvalue weighted by molar-refractivity contribution is 7.09. The minimum Gasteiger partial charge on any atom is -0.467 e. The van der Waals surface area contributed by atoms with Gasteiger partial charge in [-0.05, 0) is 19.1 Å². The summed E-state index contributed by atoms with van der Waals surface area (Å²) in [6.45, 7) is 4.08. The molecule has 0 bridgehead atoms. The zero-order valence-electron chi connectivity index (χ0n) is 8.73. The standard InChI is InChI=1S/C10H13N3OS/c1-3-9-12-10(15-13-9)11-7(2)8-5-4-6-14-8/h4-7H,3H2,1-2H3,(H,11,12,13). The Morgan fingerprint density at radius 2 is 2.47 bits per heavy atom. The summed E-state index contributed by atoms with van der Waals surface area (Å²) < 4.78 is 9.50. The Morgan fingerprint density at radius 1 is 1.60 bits per heavy atom. The average molecular weight is 223 g/mol.